The fourth-order valence-electron chi connectivity index (χ4n) is 3.33. The highest BCUT2D eigenvalue weighted by Gasteiger charge is 2.17. The second-order valence-corrected chi connectivity index (χ2v) is 8.20. The van der Waals surface area contributed by atoms with E-state index in [2.05, 4.69) is 40.8 Å². The summed E-state index contributed by atoms with van der Waals surface area (Å²) in [6.45, 7) is 6.05. The van der Waals surface area contributed by atoms with Crippen molar-refractivity contribution in [2.75, 3.05) is 23.4 Å². The van der Waals surface area contributed by atoms with E-state index in [1.54, 1.807) is 0 Å². The SMILES string of the molecule is CC(C)C[C@H](CO)NC(=O)Nc1ccc(N2CCc3sccc3C2)cc1. The van der Waals surface area contributed by atoms with Gasteiger partial charge >= 0.3 is 6.03 Å². The van der Waals surface area contributed by atoms with Crippen molar-refractivity contribution < 1.29 is 9.90 Å². The average molecular weight is 374 g/mol. The maximum Gasteiger partial charge on any atom is 0.319 e. The van der Waals surface area contributed by atoms with Crippen molar-refractivity contribution in [1.82, 2.24) is 5.32 Å². The number of hydrogen-bond acceptors (Lipinski definition) is 4. The number of rotatable bonds is 6. The smallest absolute Gasteiger partial charge is 0.319 e. The Hall–Kier alpha value is -2.05. The quantitative estimate of drug-likeness (QED) is 0.721. The molecule has 1 atom stereocenters. The molecule has 0 radical (unpaired) electrons. The molecule has 0 aliphatic carbocycles. The van der Waals surface area contributed by atoms with Crippen molar-refractivity contribution in [1.29, 1.82) is 0 Å². The number of aliphatic hydroxyl groups is 1. The zero-order valence-corrected chi connectivity index (χ0v) is 16.2. The van der Waals surface area contributed by atoms with Crippen molar-refractivity contribution in [3.63, 3.8) is 0 Å². The van der Waals surface area contributed by atoms with E-state index in [0.717, 1.165) is 31.6 Å². The lowest BCUT2D eigenvalue weighted by atomic mass is 10.0. The Morgan fingerprint density at radius 3 is 2.73 bits per heavy atom. The van der Waals surface area contributed by atoms with Crippen LogP contribution in [0.5, 0.6) is 0 Å². The van der Waals surface area contributed by atoms with Crippen LogP contribution in [0.1, 0.15) is 30.7 Å². The van der Waals surface area contributed by atoms with Crippen LogP contribution in [0.25, 0.3) is 0 Å². The molecule has 0 saturated carbocycles. The van der Waals surface area contributed by atoms with Gasteiger partial charge in [-0.3, -0.25) is 0 Å². The Bertz CT molecular complexity index is 727. The van der Waals surface area contributed by atoms with E-state index in [1.165, 1.54) is 16.1 Å². The summed E-state index contributed by atoms with van der Waals surface area (Å²) < 4.78 is 0. The Morgan fingerprint density at radius 1 is 1.27 bits per heavy atom. The molecule has 0 saturated heterocycles. The molecule has 140 valence electrons. The second-order valence-electron chi connectivity index (χ2n) is 7.19. The molecule has 2 heterocycles. The lowest BCUT2D eigenvalue weighted by molar-refractivity contribution is 0.214. The van der Waals surface area contributed by atoms with Crippen LogP contribution in [0.2, 0.25) is 0 Å². The monoisotopic (exact) mass is 373 g/mol. The van der Waals surface area contributed by atoms with Crippen LogP contribution in [0.15, 0.2) is 35.7 Å². The largest absolute Gasteiger partial charge is 0.394 e. The third kappa shape index (κ3) is 4.77. The van der Waals surface area contributed by atoms with Crippen LogP contribution in [0, 0.1) is 5.92 Å². The van der Waals surface area contributed by atoms with Crippen LogP contribution in [-0.4, -0.2) is 30.3 Å². The number of carbonyl (C=O) groups is 1. The van der Waals surface area contributed by atoms with E-state index in [-0.39, 0.29) is 18.7 Å². The summed E-state index contributed by atoms with van der Waals surface area (Å²) in [5.74, 6) is 0.417. The molecule has 2 aromatic rings. The number of anilines is 2. The summed E-state index contributed by atoms with van der Waals surface area (Å²) in [5.41, 5.74) is 3.34. The zero-order chi connectivity index (χ0) is 18.5. The molecule has 0 fully saturated rings. The third-order valence-electron chi connectivity index (χ3n) is 4.61. The predicted molar refractivity (Wildman–Crippen MR) is 108 cm³/mol. The van der Waals surface area contributed by atoms with Gasteiger partial charge in [0.05, 0.1) is 12.6 Å². The van der Waals surface area contributed by atoms with Crippen molar-refractivity contribution in [2.45, 2.75) is 39.3 Å². The van der Waals surface area contributed by atoms with Gasteiger partial charge in [-0.25, -0.2) is 4.79 Å². The molecule has 1 aliphatic heterocycles. The highest BCUT2D eigenvalue weighted by Crippen LogP contribution is 2.28. The molecule has 0 unspecified atom stereocenters. The minimum atomic E-state index is -0.279. The number of nitrogens with zero attached hydrogens (tertiary/aromatic N) is 1. The molecule has 1 aliphatic rings. The van der Waals surface area contributed by atoms with Crippen molar-refractivity contribution in [3.05, 3.63) is 46.2 Å². The van der Waals surface area contributed by atoms with Gasteiger partial charge < -0.3 is 20.6 Å². The summed E-state index contributed by atoms with van der Waals surface area (Å²) >= 11 is 1.84. The van der Waals surface area contributed by atoms with E-state index >= 15 is 0 Å². The highest BCUT2D eigenvalue weighted by molar-refractivity contribution is 7.10. The lowest BCUT2D eigenvalue weighted by Gasteiger charge is -2.29. The van der Waals surface area contributed by atoms with E-state index in [0.29, 0.717) is 5.92 Å². The maximum absolute atomic E-state index is 12.1. The molecule has 5 nitrogen and oxygen atoms in total. The number of urea groups is 1. The first-order chi connectivity index (χ1) is 12.5. The van der Waals surface area contributed by atoms with E-state index in [9.17, 15) is 9.90 Å². The molecule has 2 amide bonds. The molecule has 0 spiro atoms. The van der Waals surface area contributed by atoms with E-state index < -0.39 is 0 Å². The summed E-state index contributed by atoms with van der Waals surface area (Å²) in [6.07, 6.45) is 1.84. The first kappa shape index (κ1) is 18.7. The highest BCUT2D eigenvalue weighted by atomic mass is 32.1. The number of nitrogens with one attached hydrogen (secondary N) is 2. The van der Waals surface area contributed by atoms with Gasteiger partial charge in [-0.05, 0) is 60.0 Å². The van der Waals surface area contributed by atoms with Gasteiger partial charge in [0.25, 0.3) is 0 Å². The Balaban J connectivity index is 1.55. The Kier molecular flexibility index (Phi) is 6.16. The van der Waals surface area contributed by atoms with E-state index in [4.69, 9.17) is 0 Å². The van der Waals surface area contributed by atoms with Crippen molar-refractivity contribution >= 4 is 28.7 Å². The summed E-state index contributed by atoms with van der Waals surface area (Å²) in [6, 6.07) is 9.65. The van der Waals surface area contributed by atoms with Gasteiger partial charge in [0, 0.05) is 29.3 Å². The minimum absolute atomic E-state index is 0.0515. The maximum atomic E-state index is 12.1. The van der Waals surface area contributed by atoms with Gasteiger partial charge in [-0.1, -0.05) is 13.8 Å². The first-order valence-corrected chi connectivity index (χ1v) is 10.0. The average Bonchev–Trinajstić information content (AvgIpc) is 3.09. The number of aliphatic hydroxyl groups excluding tert-OH is 1. The Morgan fingerprint density at radius 2 is 2.04 bits per heavy atom. The molecule has 3 rings (SSSR count). The van der Waals surface area contributed by atoms with Crippen LogP contribution in [-0.2, 0) is 13.0 Å². The van der Waals surface area contributed by atoms with Gasteiger partial charge in [-0.2, -0.15) is 0 Å². The fourth-order valence-corrected chi connectivity index (χ4v) is 4.21. The summed E-state index contributed by atoms with van der Waals surface area (Å²) in [5, 5.41) is 17.2. The topological polar surface area (TPSA) is 64.6 Å². The minimum Gasteiger partial charge on any atom is -0.394 e. The van der Waals surface area contributed by atoms with Crippen molar-refractivity contribution in [3.8, 4) is 0 Å². The fraction of sp³-hybridized carbons (Fsp3) is 0.450. The molecule has 0 bridgehead atoms. The second kappa shape index (κ2) is 8.56. The third-order valence-corrected chi connectivity index (χ3v) is 5.63. The Labute approximate surface area is 159 Å². The molecule has 6 heteroatoms. The molecule has 1 aromatic carbocycles. The first-order valence-electron chi connectivity index (χ1n) is 9.13. The van der Waals surface area contributed by atoms with Gasteiger partial charge in [-0.15, -0.1) is 11.3 Å². The van der Waals surface area contributed by atoms with E-state index in [1.807, 2.05) is 35.6 Å². The molecular formula is C20H27N3O2S. The normalized spacial score (nSPS) is 14.8. The summed E-state index contributed by atoms with van der Waals surface area (Å²) in [4.78, 5) is 16.0. The van der Waals surface area contributed by atoms with Crippen LogP contribution in [0.3, 0.4) is 0 Å². The van der Waals surface area contributed by atoms with Crippen LogP contribution in [0.4, 0.5) is 16.2 Å². The van der Waals surface area contributed by atoms with Gasteiger partial charge in [0.15, 0.2) is 0 Å². The zero-order valence-electron chi connectivity index (χ0n) is 15.4. The van der Waals surface area contributed by atoms with Crippen LogP contribution >= 0.6 is 11.3 Å². The summed E-state index contributed by atoms with van der Waals surface area (Å²) in [7, 11) is 0. The van der Waals surface area contributed by atoms with Gasteiger partial charge in [0.1, 0.15) is 0 Å². The molecule has 26 heavy (non-hydrogen) atoms. The van der Waals surface area contributed by atoms with Crippen LogP contribution < -0.4 is 15.5 Å². The van der Waals surface area contributed by atoms with Gasteiger partial charge in [0.2, 0.25) is 0 Å². The standard InChI is InChI=1S/C20H27N3O2S/c1-14(2)11-17(13-24)22-20(25)21-16-3-5-18(6-4-16)23-9-7-19-15(12-23)8-10-26-19/h3-6,8,10,14,17,24H,7,9,11-13H2,1-2H3,(H2,21,22,25)/t17-/m1/s1. The van der Waals surface area contributed by atoms with Crippen molar-refractivity contribution in [2.24, 2.45) is 5.92 Å². The number of hydrogen-bond donors (Lipinski definition) is 3. The number of carbonyl (C=O) groups excluding carboxylic acids is 1. The lowest BCUT2D eigenvalue weighted by Crippen LogP contribution is -2.40. The predicted octanol–water partition coefficient (Wildman–Crippen LogP) is 3.84. The number of benzene rings is 1. The molecular weight excluding hydrogens is 346 g/mol. The number of amides is 2. The number of thiophene rings is 1. The molecule has 3 N–H and O–H groups in total. The number of fused-ring (bicyclic) bond motifs is 1. The molecule has 1 aromatic heterocycles.